The van der Waals surface area contributed by atoms with Crippen LogP contribution in [0.15, 0.2) is 101 Å². The van der Waals surface area contributed by atoms with Crippen LogP contribution in [0.5, 0.6) is 0 Å². The highest BCUT2D eigenvalue weighted by Gasteiger charge is 2.27. The molecule has 0 saturated heterocycles. The first-order chi connectivity index (χ1) is 16.2. The van der Waals surface area contributed by atoms with Crippen molar-refractivity contribution in [3.63, 3.8) is 0 Å². The standard InChI is InChI=1S/C27H23NO3S2/c1-2-31-27(30)23-22(19-12-6-3-7-13-19)18-32-26(23)28-25(29)24(20-14-8-4-9-15-20)33-21-16-10-5-11-17-21/h3-18,24H,2H2,1H3,(H,28,29)/t24-/m1/s1. The van der Waals surface area contributed by atoms with Gasteiger partial charge in [-0.1, -0.05) is 78.9 Å². The SMILES string of the molecule is CCOC(=O)c1c(-c2ccccc2)csc1NC(=O)[C@H](Sc1ccccc1)c1ccccc1. The fourth-order valence-electron chi connectivity index (χ4n) is 3.40. The van der Waals surface area contributed by atoms with E-state index in [1.165, 1.54) is 23.1 Å². The summed E-state index contributed by atoms with van der Waals surface area (Å²) in [5, 5.41) is 4.92. The van der Waals surface area contributed by atoms with Gasteiger partial charge >= 0.3 is 5.97 Å². The largest absolute Gasteiger partial charge is 0.462 e. The van der Waals surface area contributed by atoms with Crippen LogP contribution in [0, 0.1) is 0 Å². The number of rotatable bonds is 8. The predicted molar refractivity (Wildman–Crippen MR) is 136 cm³/mol. The summed E-state index contributed by atoms with van der Waals surface area (Å²) < 4.78 is 5.32. The van der Waals surface area contributed by atoms with Gasteiger partial charge in [0, 0.05) is 15.8 Å². The van der Waals surface area contributed by atoms with Crippen molar-refractivity contribution in [3.05, 3.63) is 108 Å². The number of thioether (sulfide) groups is 1. The summed E-state index contributed by atoms with van der Waals surface area (Å²) in [4.78, 5) is 27.4. The molecule has 1 heterocycles. The number of anilines is 1. The van der Waals surface area contributed by atoms with Crippen LogP contribution < -0.4 is 5.32 Å². The molecule has 33 heavy (non-hydrogen) atoms. The van der Waals surface area contributed by atoms with Crippen LogP contribution >= 0.6 is 23.1 Å². The number of carbonyl (C=O) groups is 2. The molecule has 0 aliphatic heterocycles. The van der Waals surface area contributed by atoms with Gasteiger partial charge < -0.3 is 10.1 Å². The quantitative estimate of drug-likeness (QED) is 0.220. The van der Waals surface area contributed by atoms with Crippen molar-refractivity contribution in [3.8, 4) is 11.1 Å². The summed E-state index contributed by atoms with van der Waals surface area (Å²) in [6.45, 7) is 2.03. The van der Waals surface area contributed by atoms with Crippen LogP contribution in [0.25, 0.3) is 11.1 Å². The van der Waals surface area contributed by atoms with Crippen LogP contribution in [0.2, 0.25) is 0 Å². The fraction of sp³-hybridized carbons (Fsp3) is 0.111. The third-order valence-electron chi connectivity index (χ3n) is 4.93. The average Bonchev–Trinajstić information content (AvgIpc) is 3.28. The van der Waals surface area contributed by atoms with E-state index in [0.717, 1.165) is 21.6 Å². The highest BCUT2D eigenvalue weighted by atomic mass is 32.2. The molecule has 3 aromatic carbocycles. The second-order valence-corrected chi connectivity index (χ2v) is 9.21. The maximum Gasteiger partial charge on any atom is 0.341 e. The van der Waals surface area contributed by atoms with E-state index in [9.17, 15) is 9.59 Å². The van der Waals surface area contributed by atoms with Gasteiger partial charge in [-0.2, -0.15) is 0 Å². The Hall–Kier alpha value is -3.35. The summed E-state index contributed by atoms with van der Waals surface area (Å²) in [7, 11) is 0. The molecule has 0 unspecified atom stereocenters. The number of ether oxygens (including phenoxy) is 1. The number of esters is 1. The van der Waals surface area contributed by atoms with Crippen molar-refractivity contribution in [2.24, 2.45) is 0 Å². The molecule has 0 saturated carbocycles. The molecule has 4 nitrogen and oxygen atoms in total. The van der Waals surface area contributed by atoms with Gasteiger partial charge in [0.1, 0.15) is 15.8 Å². The van der Waals surface area contributed by atoms with Crippen molar-refractivity contribution in [1.82, 2.24) is 0 Å². The Labute approximate surface area is 201 Å². The van der Waals surface area contributed by atoms with E-state index in [0.29, 0.717) is 10.6 Å². The van der Waals surface area contributed by atoms with Crippen molar-refractivity contribution in [2.75, 3.05) is 11.9 Å². The number of nitrogens with one attached hydrogen (secondary N) is 1. The number of hydrogen-bond donors (Lipinski definition) is 1. The molecule has 1 amide bonds. The molecular weight excluding hydrogens is 450 g/mol. The minimum atomic E-state index is -0.481. The Kier molecular flexibility index (Phi) is 7.60. The van der Waals surface area contributed by atoms with Crippen molar-refractivity contribution in [2.45, 2.75) is 17.1 Å². The van der Waals surface area contributed by atoms with E-state index in [4.69, 9.17) is 4.74 Å². The van der Waals surface area contributed by atoms with E-state index in [1.807, 2.05) is 96.4 Å². The van der Waals surface area contributed by atoms with E-state index in [-0.39, 0.29) is 12.5 Å². The monoisotopic (exact) mass is 473 g/mol. The van der Waals surface area contributed by atoms with Crippen LogP contribution in [0.4, 0.5) is 5.00 Å². The summed E-state index contributed by atoms with van der Waals surface area (Å²) in [5.74, 6) is -0.637. The molecule has 0 aliphatic rings. The Balaban J connectivity index is 1.68. The van der Waals surface area contributed by atoms with Crippen molar-refractivity contribution < 1.29 is 14.3 Å². The van der Waals surface area contributed by atoms with Crippen LogP contribution in [0.1, 0.15) is 28.1 Å². The summed E-state index contributed by atoms with van der Waals surface area (Å²) in [6.07, 6.45) is 0. The van der Waals surface area contributed by atoms with Gasteiger partial charge in [-0.3, -0.25) is 4.79 Å². The molecule has 6 heteroatoms. The highest BCUT2D eigenvalue weighted by molar-refractivity contribution is 8.00. The second-order valence-electron chi connectivity index (χ2n) is 7.15. The van der Waals surface area contributed by atoms with Gasteiger partial charge in [0.15, 0.2) is 0 Å². The molecule has 4 aromatic rings. The predicted octanol–water partition coefficient (Wildman–Crippen LogP) is 7.06. The molecule has 1 atom stereocenters. The zero-order valence-electron chi connectivity index (χ0n) is 18.1. The smallest absolute Gasteiger partial charge is 0.341 e. The number of amides is 1. The highest BCUT2D eigenvalue weighted by Crippen LogP contribution is 2.40. The Bertz CT molecular complexity index is 1210. The molecular formula is C27H23NO3S2. The van der Waals surface area contributed by atoms with E-state index in [1.54, 1.807) is 6.92 Å². The van der Waals surface area contributed by atoms with Crippen LogP contribution in [-0.2, 0) is 9.53 Å². The summed E-state index contributed by atoms with van der Waals surface area (Å²) >= 11 is 2.80. The fourth-order valence-corrected chi connectivity index (χ4v) is 5.41. The minimum absolute atomic E-state index is 0.193. The zero-order valence-corrected chi connectivity index (χ0v) is 19.7. The molecule has 1 N–H and O–H groups in total. The van der Waals surface area contributed by atoms with E-state index in [2.05, 4.69) is 5.32 Å². The van der Waals surface area contributed by atoms with Gasteiger partial charge in [-0.25, -0.2) is 4.79 Å². The zero-order chi connectivity index (χ0) is 23.0. The Morgan fingerprint density at radius 1 is 0.909 bits per heavy atom. The first kappa shape index (κ1) is 22.8. The third-order valence-corrected chi connectivity index (χ3v) is 7.09. The Morgan fingerprint density at radius 3 is 2.15 bits per heavy atom. The van der Waals surface area contributed by atoms with Gasteiger partial charge in [-0.15, -0.1) is 23.1 Å². The minimum Gasteiger partial charge on any atom is -0.462 e. The maximum atomic E-state index is 13.5. The normalized spacial score (nSPS) is 11.5. The number of benzene rings is 3. The van der Waals surface area contributed by atoms with E-state index < -0.39 is 11.2 Å². The van der Waals surface area contributed by atoms with E-state index >= 15 is 0 Å². The first-order valence-electron chi connectivity index (χ1n) is 10.6. The van der Waals surface area contributed by atoms with Gasteiger partial charge in [-0.05, 0) is 30.2 Å². The van der Waals surface area contributed by atoms with Crippen molar-refractivity contribution in [1.29, 1.82) is 0 Å². The number of hydrogen-bond acceptors (Lipinski definition) is 5. The lowest BCUT2D eigenvalue weighted by molar-refractivity contribution is -0.115. The molecule has 0 spiro atoms. The lowest BCUT2D eigenvalue weighted by atomic mass is 10.0. The Morgan fingerprint density at radius 2 is 1.52 bits per heavy atom. The van der Waals surface area contributed by atoms with Crippen LogP contribution in [-0.4, -0.2) is 18.5 Å². The summed E-state index contributed by atoms with van der Waals surface area (Å²) in [6, 6.07) is 29.1. The third kappa shape index (κ3) is 5.53. The second kappa shape index (κ2) is 11.0. The summed E-state index contributed by atoms with van der Waals surface area (Å²) in [5.41, 5.74) is 2.93. The molecule has 166 valence electrons. The molecule has 0 fully saturated rings. The maximum absolute atomic E-state index is 13.5. The lowest BCUT2D eigenvalue weighted by Gasteiger charge is -2.17. The van der Waals surface area contributed by atoms with Gasteiger partial charge in [0.05, 0.1) is 6.61 Å². The van der Waals surface area contributed by atoms with Gasteiger partial charge in [0.25, 0.3) is 0 Å². The van der Waals surface area contributed by atoms with Gasteiger partial charge in [0.2, 0.25) is 5.91 Å². The molecule has 0 radical (unpaired) electrons. The topological polar surface area (TPSA) is 55.4 Å². The molecule has 4 rings (SSSR count). The first-order valence-corrected chi connectivity index (χ1v) is 12.3. The number of carbonyl (C=O) groups excluding carboxylic acids is 2. The average molecular weight is 474 g/mol. The van der Waals surface area contributed by atoms with Crippen LogP contribution in [0.3, 0.4) is 0 Å². The molecule has 0 bridgehead atoms. The number of thiophene rings is 1. The lowest BCUT2D eigenvalue weighted by Crippen LogP contribution is -2.20. The molecule has 1 aromatic heterocycles. The molecule has 0 aliphatic carbocycles. The van der Waals surface area contributed by atoms with Crippen molar-refractivity contribution >= 4 is 40.0 Å².